The first-order valence-corrected chi connectivity index (χ1v) is 8.54. The Morgan fingerprint density at radius 2 is 2.04 bits per heavy atom. The molecule has 2 aromatic rings. The molecule has 0 fully saturated rings. The largest absolute Gasteiger partial charge is 0.333 e. The molecule has 2 heterocycles. The highest BCUT2D eigenvalue weighted by atomic mass is 32.2. The van der Waals surface area contributed by atoms with Crippen LogP contribution in [0.25, 0.3) is 0 Å². The molecule has 7 nitrogen and oxygen atoms in total. The average Bonchev–Trinajstić information content (AvgIpc) is 3.05. The van der Waals surface area contributed by atoms with Crippen LogP contribution in [0.3, 0.4) is 0 Å². The SMILES string of the molecule is Cc1cc(C)n([C@@H](C)CCNS(=O)(=O)c2cnn(C(F)F)c2)n1. The summed E-state index contributed by atoms with van der Waals surface area (Å²) in [5.41, 5.74) is 1.89. The second-order valence-electron chi connectivity index (χ2n) is 5.34. The summed E-state index contributed by atoms with van der Waals surface area (Å²) < 4.78 is 53.4. The summed E-state index contributed by atoms with van der Waals surface area (Å²) in [5.74, 6) is 0. The molecule has 0 aliphatic rings. The fraction of sp³-hybridized carbons (Fsp3) is 0.538. The van der Waals surface area contributed by atoms with Crippen molar-refractivity contribution < 1.29 is 17.2 Å². The smallest absolute Gasteiger partial charge is 0.267 e. The number of sulfonamides is 1. The zero-order valence-corrected chi connectivity index (χ0v) is 13.9. The topological polar surface area (TPSA) is 81.8 Å². The number of hydrogen-bond donors (Lipinski definition) is 1. The van der Waals surface area contributed by atoms with Crippen LogP contribution in [0.5, 0.6) is 0 Å². The van der Waals surface area contributed by atoms with Gasteiger partial charge in [0.15, 0.2) is 0 Å². The van der Waals surface area contributed by atoms with Gasteiger partial charge in [-0.1, -0.05) is 0 Å². The van der Waals surface area contributed by atoms with E-state index in [1.165, 1.54) is 0 Å². The van der Waals surface area contributed by atoms with Crippen molar-refractivity contribution in [2.24, 2.45) is 0 Å². The maximum absolute atomic E-state index is 12.4. The molecule has 128 valence electrons. The number of nitrogens with one attached hydrogen (secondary N) is 1. The number of aryl methyl sites for hydroxylation is 2. The first-order valence-electron chi connectivity index (χ1n) is 7.05. The van der Waals surface area contributed by atoms with Crippen LogP contribution in [-0.4, -0.2) is 34.5 Å². The van der Waals surface area contributed by atoms with E-state index in [9.17, 15) is 17.2 Å². The Bertz CT molecular complexity index is 769. The van der Waals surface area contributed by atoms with Crippen LogP contribution in [-0.2, 0) is 10.0 Å². The van der Waals surface area contributed by atoms with Crippen molar-refractivity contribution >= 4 is 10.0 Å². The van der Waals surface area contributed by atoms with E-state index in [0.29, 0.717) is 11.1 Å². The second-order valence-corrected chi connectivity index (χ2v) is 7.11. The number of rotatable bonds is 7. The summed E-state index contributed by atoms with van der Waals surface area (Å²) in [4.78, 5) is -0.281. The Labute approximate surface area is 133 Å². The summed E-state index contributed by atoms with van der Waals surface area (Å²) in [6, 6.07) is 1.95. The molecular formula is C13H19F2N5O2S. The van der Waals surface area contributed by atoms with Crippen molar-refractivity contribution in [3.63, 3.8) is 0 Å². The van der Waals surface area contributed by atoms with E-state index in [2.05, 4.69) is 14.9 Å². The van der Waals surface area contributed by atoms with Gasteiger partial charge in [0, 0.05) is 12.2 Å². The minimum absolute atomic E-state index is 0.00943. The molecule has 0 bridgehead atoms. The van der Waals surface area contributed by atoms with Crippen LogP contribution in [0, 0.1) is 13.8 Å². The number of halogens is 2. The Morgan fingerprint density at radius 3 is 2.57 bits per heavy atom. The molecule has 0 saturated heterocycles. The predicted octanol–water partition coefficient (Wildman–Crippen LogP) is 2.02. The lowest BCUT2D eigenvalue weighted by atomic mass is 10.2. The van der Waals surface area contributed by atoms with Crippen molar-refractivity contribution in [1.29, 1.82) is 0 Å². The molecular weight excluding hydrogens is 328 g/mol. The van der Waals surface area contributed by atoms with Gasteiger partial charge in [0.2, 0.25) is 10.0 Å². The van der Waals surface area contributed by atoms with Gasteiger partial charge in [0.1, 0.15) is 4.90 Å². The fourth-order valence-electron chi connectivity index (χ4n) is 2.27. The van der Waals surface area contributed by atoms with Crippen molar-refractivity contribution in [1.82, 2.24) is 24.3 Å². The standard InChI is InChI=1S/C13H19F2N5O2S/c1-9-6-11(3)20(18-9)10(2)4-5-17-23(21,22)12-7-16-19(8-12)13(14)15/h6-8,10,13,17H,4-5H2,1-3H3/t10-/m0/s1. The first kappa shape index (κ1) is 17.5. The van der Waals surface area contributed by atoms with Gasteiger partial charge in [-0.25, -0.2) is 17.8 Å². The third kappa shape index (κ3) is 4.14. The predicted molar refractivity (Wildman–Crippen MR) is 79.7 cm³/mol. The zero-order chi connectivity index (χ0) is 17.2. The normalized spacial score (nSPS) is 13.7. The lowest BCUT2D eigenvalue weighted by molar-refractivity contribution is 0.0564. The lowest BCUT2D eigenvalue weighted by Crippen LogP contribution is -2.26. The highest BCUT2D eigenvalue weighted by molar-refractivity contribution is 7.89. The van der Waals surface area contributed by atoms with Gasteiger partial charge < -0.3 is 0 Å². The van der Waals surface area contributed by atoms with E-state index in [0.717, 1.165) is 23.8 Å². The lowest BCUT2D eigenvalue weighted by Gasteiger charge is -2.14. The molecule has 10 heteroatoms. The Kier molecular flexibility index (Phi) is 5.15. The molecule has 23 heavy (non-hydrogen) atoms. The summed E-state index contributed by atoms with van der Waals surface area (Å²) >= 11 is 0. The maximum atomic E-state index is 12.4. The molecule has 2 rings (SSSR count). The molecule has 0 spiro atoms. The van der Waals surface area contributed by atoms with Crippen LogP contribution in [0.15, 0.2) is 23.4 Å². The monoisotopic (exact) mass is 347 g/mol. The van der Waals surface area contributed by atoms with Crippen molar-refractivity contribution in [2.45, 2.75) is 44.7 Å². The molecule has 0 radical (unpaired) electrons. The molecule has 0 unspecified atom stereocenters. The molecule has 0 aliphatic heterocycles. The van der Waals surface area contributed by atoms with Crippen LogP contribution in [0.4, 0.5) is 8.78 Å². The second kappa shape index (κ2) is 6.75. The summed E-state index contributed by atoms with van der Waals surface area (Å²) in [6.07, 6.45) is 2.22. The van der Waals surface area contributed by atoms with E-state index in [4.69, 9.17) is 0 Å². The fourth-order valence-corrected chi connectivity index (χ4v) is 3.25. The summed E-state index contributed by atoms with van der Waals surface area (Å²) in [7, 11) is -3.85. The Morgan fingerprint density at radius 1 is 1.35 bits per heavy atom. The molecule has 0 amide bonds. The quantitative estimate of drug-likeness (QED) is 0.831. The molecule has 0 aromatic carbocycles. The molecule has 1 N–H and O–H groups in total. The first-order chi connectivity index (χ1) is 10.7. The van der Waals surface area contributed by atoms with Crippen LogP contribution < -0.4 is 4.72 Å². The average molecular weight is 347 g/mol. The number of hydrogen-bond acceptors (Lipinski definition) is 4. The third-order valence-electron chi connectivity index (χ3n) is 3.40. The number of alkyl halides is 2. The van der Waals surface area contributed by atoms with Gasteiger partial charge >= 0.3 is 6.55 Å². The number of aromatic nitrogens is 4. The van der Waals surface area contributed by atoms with Gasteiger partial charge in [-0.2, -0.15) is 19.0 Å². The van der Waals surface area contributed by atoms with Gasteiger partial charge in [-0.15, -0.1) is 0 Å². The highest BCUT2D eigenvalue weighted by Crippen LogP contribution is 2.15. The van der Waals surface area contributed by atoms with Gasteiger partial charge in [0.05, 0.1) is 24.1 Å². The molecule has 0 aliphatic carbocycles. The van der Waals surface area contributed by atoms with Gasteiger partial charge in [-0.3, -0.25) is 4.68 Å². The van der Waals surface area contributed by atoms with Crippen molar-refractivity contribution in [3.05, 3.63) is 29.8 Å². The Hall–Kier alpha value is -1.81. The van der Waals surface area contributed by atoms with E-state index in [-0.39, 0.29) is 17.5 Å². The summed E-state index contributed by atoms with van der Waals surface area (Å²) in [6.45, 7) is 3.05. The van der Waals surface area contributed by atoms with E-state index >= 15 is 0 Å². The highest BCUT2D eigenvalue weighted by Gasteiger charge is 2.19. The van der Waals surface area contributed by atoms with Crippen LogP contribution in [0.2, 0.25) is 0 Å². The summed E-state index contributed by atoms with van der Waals surface area (Å²) in [5, 5.41) is 7.67. The number of nitrogens with zero attached hydrogens (tertiary/aromatic N) is 4. The third-order valence-corrected chi connectivity index (χ3v) is 4.82. The van der Waals surface area contributed by atoms with Gasteiger partial charge in [-0.05, 0) is 33.3 Å². The minimum atomic E-state index is -3.85. The molecule has 0 saturated carbocycles. The van der Waals surface area contributed by atoms with Crippen molar-refractivity contribution in [2.75, 3.05) is 6.54 Å². The maximum Gasteiger partial charge on any atom is 0.333 e. The van der Waals surface area contributed by atoms with Crippen molar-refractivity contribution in [3.8, 4) is 0 Å². The van der Waals surface area contributed by atoms with Gasteiger partial charge in [0.25, 0.3) is 0 Å². The van der Waals surface area contributed by atoms with E-state index < -0.39 is 16.6 Å². The zero-order valence-electron chi connectivity index (χ0n) is 13.1. The van der Waals surface area contributed by atoms with Crippen LogP contribution in [0.1, 0.15) is 37.3 Å². The van der Waals surface area contributed by atoms with Crippen LogP contribution >= 0.6 is 0 Å². The van der Waals surface area contributed by atoms with E-state index in [1.807, 2.05) is 31.5 Å². The molecule has 2 aromatic heterocycles. The molecule has 1 atom stereocenters. The minimum Gasteiger partial charge on any atom is -0.267 e. The van der Waals surface area contributed by atoms with E-state index in [1.54, 1.807) is 0 Å². The Balaban J connectivity index is 1.95.